The van der Waals surface area contributed by atoms with E-state index in [9.17, 15) is 18.0 Å². The van der Waals surface area contributed by atoms with E-state index in [0.29, 0.717) is 23.4 Å². The zero-order chi connectivity index (χ0) is 22.4. The lowest BCUT2D eigenvalue weighted by molar-refractivity contribution is -0.116. The Kier molecular flexibility index (Phi) is 6.87. The summed E-state index contributed by atoms with van der Waals surface area (Å²) in [5.74, 6) is -0.249. The molecule has 7 heteroatoms. The molecule has 0 fully saturated rings. The van der Waals surface area contributed by atoms with Crippen LogP contribution in [0.5, 0.6) is 0 Å². The molecule has 0 aliphatic heterocycles. The molecule has 0 aromatic heterocycles. The van der Waals surface area contributed by atoms with Gasteiger partial charge < -0.3 is 5.32 Å². The van der Waals surface area contributed by atoms with Gasteiger partial charge in [0.05, 0.1) is 4.90 Å². The summed E-state index contributed by atoms with van der Waals surface area (Å²) < 4.78 is 27.6. The molecule has 0 bridgehead atoms. The predicted octanol–water partition coefficient (Wildman–Crippen LogP) is 4.57. The highest BCUT2D eigenvalue weighted by Crippen LogP contribution is 2.18. The molecule has 0 heterocycles. The summed E-state index contributed by atoms with van der Waals surface area (Å²) >= 11 is 0. The summed E-state index contributed by atoms with van der Waals surface area (Å²) in [7, 11) is -3.68. The minimum atomic E-state index is -3.68. The van der Waals surface area contributed by atoms with Crippen LogP contribution in [0.3, 0.4) is 0 Å². The van der Waals surface area contributed by atoms with Gasteiger partial charge >= 0.3 is 0 Å². The van der Waals surface area contributed by atoms with E-state index >= 15 is 0 Å². The second-order valence-corrected chi connectivity index (χ2v) is 8.98. The van der Waals surface area contributed by atoms with Gasteiger partial charge in [0.1, 0.15) is 0 Å². The fourth-order valence-electron chi connectivity index (χ4n) is 2.97. The molecule has 0 aliphatic rings. The molecule has 0 atom stereocenters. The topological polar surface area (TPSA) is 92.3 Å². The number of anilines is 2. The van der Waals surface area contributed by atoms with Gasteiger partial charge in [0.15, 0.2) is 5.78 Å². The molecule has 3 aromatic rings. The van der Waals surface area contributed by atoms with Crippen molar-refractivity contribution < 1.29 is 18.0 Å². The number of ketones is 1. The fourth-order valence-corrected chi connectivity index (χ4v) is 4.03. The lowest BCUT2D eigenvalue weighted by Gasteiger charge is -2.09. The van der Waals surface area contributed by atoms with E-state index in [1.165, 1.54) is 19.1 Å². The number of carbonyl (C=O) groups is 2. The van der Waals surface area contributed by atoms with Gasteiger partial charge in [-0.05, 0) is 62.2 Å². The molecule has 31 heavy (non-hydrogen) atoms. The van der Waals surface area contributed by atoms with E-state index in [-0.39, 0.29) is 23.0 Å². The zero-order valence-corrected chi connectivity index (χ0v) is 18.2. The van der Waals surface area contributed by atoms with Gasteiger partial charge in [0, 0.05) is 23.4 Å². The van der Waals surface area contributed by atoms with Crippen molar-refractivity contribution in [3.63, 3.8) is 0 Å². The maximum Gasteiger partial charge on any atom is 0.261 e. The van der Waals surface area contributed by atoms with Crippen molar-refractivity contribution in [3.05, 3.63) is 89.5 Å². The van der Waals surface area contributed by atoms with Gasteiger partial charge in [-0.3, -0.25) is 14.3 Å². The molecule has 3 aromatic carbocycles. The van der Waals surface area contributed by atoms with Gasteiger partial charge in [-0.25, -0.2) is 8.42 Å². The molecule has 2 N–H and O–H groups in total. The van der Waals surface area contributed by atoms with Crippen LogP contribution in [0.2, 0.25) is 0 Å². The normalized spacial score (nSPS) is 11.0. The van der Waals surface area contributed by atoms with Crippen LogP contribution in [0, 0.1) is 6.92 Å². The molecule has 0 saturated heterocycles. The third-order valence-corrected chi connectivity index (χ3v) is 6.13. The average Bonchev–Trinajstić information content (AvgIpc) is 2.74. The van der Waals surface area contributed by atoms with Crippen molar-refractivity contribution >= 4 is 33.1 Å². The van der Waals surface area contributed by atoms with E-state index < -0.39 is 10.0 Å². The molecule has 0 radical (unpaired) electrons. The Balaban J connectivity index is 1.57. The summed E-state index contributed by atoms with van der Waals surface area (Å²) in [6, 6.07) is 20.3. The molecule has 160 valence electrons. The SMILES string of the molecule is CC(=O)c1cccc(NC(=O)CCc2ccc(S(=O)(=O)Nc3ccc(C)cc3)cc2)c1. The Morgan fingerprint density at radius 1 is 0.871 bits per heavy atom. The van der Waals surface area contributed by atoms with Crippen LogP contribution in [0.15, 0.2) is 77.7 Å². The number of nitrogens with one attached hydrogen (secondary N) is 2. The van der Waals surface area contributed by atoms with Gasteiger partial charge in [-0.15, -0.1) is 0 Å². The first-order valence-electron chi connectivity index (χ1n) is 9.82. The van der Waals surface area contributed by atoms with Crippen LogP contribution >= 0.6 is 0 Å². The summed E-state index contributed by atoms with van der Waals surface area (Å²) in [5, 5.41) is 2.78. The molecule has 1 amide bonds. The highest BCUT2D eigenvalue weighted by Gasteiger charge is 2.14. The molecule has 6 nitrogen and oxygen atoms in total. The Morgan fingerprint density at radius 2 is 1.55 bits per heavy atom. The summed E-state index contributed by atoms with van der Waals surface area (Å²) in [4.78, 5) is 23.8. The van der Waals surface area contributed by atoms with Crippen LogP contribution in [0.4, 0.5) is 11.4 Å². The molecule has 3 rings (SSSR count). The van der Waals surface area contributed by atoms with Crippen molar-refractivity contribution in [1.82, 2.24) is 0 Å². The van der Waals surface area contributed by atoms with Gasteiger partial charge in [0.25, 0.3) is 10.0 Å². The fraction of sp³-hybridized carbons (Fsp3) is 0.167. The molecule has 0 unspecified atom stereocenters. The number of hydrogen-bond acceptors (Lipinski definition) is 4. The van der Waals surface area contributed by atoms with Gasteiger partial charge in [0.2, 0.25) is 5.91 Å². The van der Waals surface area contributed by atoms with Crippen molar-refractivity contribution in [2.24, 2.45) is 0 Å². The summed E-state index contributed by atoms with van der Waals surface area (Å²) in [5.41, 5.74) is 3.50. The van der Waals surface area contributed by atoms with Crippen molar-refractivity contribution in [3.8, 4) is 0 Å². The van der Waals surface area contributed by atoms with E-state index in [1.807, 2.05) is 19.1 Å². The number of rotatable bonds is 8. The van der Waals surface area contributed by atoms with Crippen LogP contribution < -0.4 is 10.0 Å². The zero-order valence-electron chi connectivity index (χ0n) is 17.4. The Labute approximate surface area is 182 Å². The predicted molar refractivity (Wildman–Crippen MR) is 122 cm³/mol. The highest BCUT2D eigenvalue weighted by atomic mass is 32.2. The monoisotopic (exact) mass is 436 g/mol. The maximum atomic E-state index is 12.5. The molecular weight excluding hydrogens is 412 g/mol. The number of Topliss-reactive ketones (excluding diaryl/α,β-unsaturated/α-hetero) is 1. The Morgan fingerprint density at radius 3 is 2.19 bits per heavy atom. The second kappa shape index (κ2) is 9.57. The third kappa shape index (κ3) is 6.26. The largest absolute Gasteiger partial charge is 0.326 e. The third-order valence-electron chi connectivity index (χ3n) is 4.73. The van der Waals surface area contributed by atoms with E-state index in [0.717, 1.165) is 11.1 Å². The molecule has 0 spiro atoms. The number of carbonyl (C=O) groups excluding carboxylic acids is 2. The quantitative estimate of drug-likeness (QED) is 0.506. The Bertz CT molecular complexity index is 1190. The molecule has 0 saturated carbocycles. The van der Waals surface area contributed by atoms with E-state index in [1.54, 1.807) is 48.5 Å². The molecule has 0 aliphatic carbocycles. The highest BCUT2D eigenvalue weighted by molar-refractivity contribution is 7.92. The minimum Gasteiger partial charge on any atom is -0.326 e. The minimum absolute atomic E-state index is 0.0667. The maximum absolute atomic E-state index is 12.5. The first-order valence-corrected chi connectivity index (χ1v) is 11.3. The number of amides is 1. The number of sulfonamides is 1. The van der Waals surface area contributed by atoms with Crippen LogP contribution in [0.25, 0.3) is 0 Å². The van der Waals surface area contributed by atoms with E-state index in [2.05, 4.69) is 10.0 Å². The molecular formula is C24H24N2O4S. The van der Waals surface area contributed by atoms with Crippen molar-refractivity contribution in [1.29, 1.82) is 0 Å². The van der Waals surface area contributed by atoms with Crippen LogP contribution in [0.1, 0.15) is 34.8 Å². The lowest BCUT2D eigenvalue weighted by atomic mass is 10.1. The van der Waals surface area contributed by atoms with Crippen molar-refractivity contribution in [2.75, 3.05) is 10.0 Å². The van der Waals surface area contributed by atoms with E-state index in [4.69, 9.17) is 0 Å². The van der Waals surface area contributed by atoms with Crippen molar-refractivity contribution in [2.45, 2.75) is 31.6 Å². The van der Waals surface area contributed by atoms with Crippen LogP contribution in [-0.4, -0.2) is 20.1 Å². The smallest absolute Gasteiger partial charge is 0.261 e. The van der Waals surface area contributed by atoms with Gasteiger partial charge in [-0.2, -0.15) is 0 Å². The van der Waals surface area contributed by atoms with Gasteiger partial charge in [-0.1, -0.05) is 42.0 Å². The number of hydrogen-bond donors (Lipinski definition) is 2. The van der Waals surface area contributed by atoms with Crippen LogP contribution in [-0.2, 0) is 21.2 Å². The first-order chi connectivity index (χ1) is 14.7. The first kappa shape index (κ1) is 22.2. The lowest BCUT2D eigenvalue weighted by Crippen LogP contribution is -2.14. The summed E-state index contributed by atoms with van der Waals surface area (Å²) in [6.45, 7) is 3.40. The Hall–Kier alpha value is -3.45. The number of aryl methyl sites for hydroxylation is 2. The second-order valence-electron chi connectivity index (χ2n) is 7.30. The number of benzene rings is 3. The summed E-state index contributed by atoms with van der Waals surface area (Å²) in [6.07, 6.45) is 0.696. The standard InChI is InChI=1S/C24H24N2O4S/c1-17-6-11-21(12-7-17)26-31(29,30)23-13-8-19(9-14-23)10-15-24(28)25-22-5-3-4-20(16-22)18(2)27/h3-9,11-14,16,26H,10,15H2,1-2H3,(H,25,28). The average molecular weight is 437 g/mol.